The summed E-state index contributed by atoms with van der Waals surface area (Å²) in [7, 11) is 0. The van der Waals surface area contributed by atoms with E-state index in [1.54, 1.807) is 0 Å². The molecule has 0 saturated heterocycles. The average Bonchev–Trinajstić information content (AvgIpc) is 0. The van der Waals surface area contributed by atoms with Crippen LogP contribution in [-0.2, 0) is 66.8 Å². The predicted molar refractivity (Wildman–Crippen MR) is 21.3 cm³/mol. The summed E-state index contributed by atoms with van der Waals surface area (Å²) in [6, 6.07) is 0. The van der Waals surface area contributed by atoms with Crippen molar-refractivity contribution in [2.45, 2.75) is 0 Å². The van der Waals surface area contributed by atoms with Crippen LogP contribution in [0.25, 0.3) is 0 Å². The Kier molecular flexibility index (Phi) is 256. The van der Waals surface area contributed by atoms with Crippen molar-refractivity contribution in [3.05, 3.63) is 0 Å². The van der Waals surface area contributed by atoms with Gasteiger partial charge in [-0.05, 0) is 11.0 Å². The standard InChI is InChI=1S/Al.Co.Cr.H4Si.Y.3H/h;;;1H4;;;;. The molecule has 2 radical (unpaired) electrons. The van der Waals surface area contributed by atoms with E-state index in [-0.39, 0.29) is 95.2 Å². The molecular formula is H7AlCoCrSiY. The van der Waals surface area contributed by atoms with Crippen LogP contribution in [0.15, 0.2) is 0 Å². The fourth-order valence-corrected chi connectivity index (χ4v) is 0. The van der Waals surface area contributed by atoms with Crippen LogP contribution < -0.4 is 0 Å². The van der Waals surface area contributed by atoms with Crippen molar-refractivity contribution in [1.82, 2.24) is 0 Å². The molecule has 0 aromatic heterocycles. The van der Waals surface area contributed by atoms with E-state index in [9.17, 15) is 0 Å². The van der Waals surface area contributed by atoms with Gasteiger partial charge < -0.3 is 0 Å². The molecule has 5 heteroatoms. The molecular weight excluding hydrogens is 255 g/mol. The van der Waals surface area contributed by atoms with Crippen LogP contribution in [0, 0.1) is 0 Å². The van der Waals surface area contributed by atoms with E-state index in [1.807, 2.05) is 0 Å². The zero-order valence-corrected chi connectivity index (χ0v) is 6.47. The largest absolute Gasteiger partial charge is 0.187 e. The molecule has 0 rings (SSSR count). The van der Waals surface area contributed by atoms with Gasteiger partial charge in [0.15, 0.2) is 17.4 Å². The molecule has 0 heterocycles. The zero-order valence-electron chi connectivity index (χ0n) is 1.32. The van der Waals surface area contributed by atoms with Crippen molar-refractivity contribution < 1.29 is 66.8 Å². The molecule has 0 nitrogen and oxygen atoms in total. The van der Waals surface area contributed by atoms with E-state index in [0.29, 0.717) is 0 Å². The fraction of sp³-hybridized carbons (Fsp3) is 0. The Balaban J connectivity index is 0. The minimum Gasteiger partial charge on any atom is -0.0149 e. The Morgan fingerprint density at radius 3 is 1.00 bits per heavy atom. The first-order valence-corrected chi connectivity index (χ1v) is 0. The van der Waals surface area contributed by atoms with Gasteiger partial charge >= 0.3 is 0 Å². The maximum atomic E-state index is 0. The Morgan fingerprint density at radius 1 is 1.00 bits per heavy atom. The number of hydrogen-bond donors (Lipinski definition) is 0. The van der Waals surface area contributed by atoms with Crippen LogP contribution in [0.5, 0.6) is 0 Å². The maximum absolute atomic E-state index is 0. The second-order valence-electron chi connectivity index (χ2n) is 0. The smallest absolute Gasteiger partial charge is 0.0149 e. The van der Waals surface area contributed by atoms with Gasteiger partial charge in [-0.2, -0.15) is 0 Å². The average molecular weight is 262 g/mol. The molecule has 5 heavy (non-hydrogen) atoms. The van der Waals surface area contributed by atoms with Crippen molar-refractivity contribution in [3.63, 3.8) is 0 Å². The van der Waals surface area contributed by atoms with E-state index in [1.165, 1.54) is 0 Å². The fourth-order valence-electron chi connectivity index (χ4n) is 0. The second-order valence-corrected chi connectivity index (χ2v) is 0. The molecule has 0 saturated carbocycles. The van der Waals surface area contributed by atoms with Gasteiger partial charge in [-0.25, -0.2) is 0 Å². The van der Waals surface area contributed by atoms with Crippen molar-refractivity contribution in [3.8, 4) is 0 Å². The van der Waals surface area contributed by atoms with Gasteiger partial charge in [0, 0.05) is 66.8 Å². The van der Waals surface area contributed by atoms with Gasteiger partial charge in [-0.3, -0.25) is 0 Å². The minimum absolute atomic E-state index is 0. The van der Waals surface area contributed by atoms with Gasteiger partial charge in [0.25, 0.3) is 0 Å². The summed E-state index contributed by atoms with van der Waals surface area (Å²) < 4.78 is 0. The minimum atomic E-state index is 0. The third-order valence-electron chi connectivity index (χ3n) is 0. The van der Waals surface area contributed by atoms with Gasteiger partial charge in [-0.15, -0.1) is 0 Å². The van der Waals surface area contributed by atoms with Crippen molar-refractivity contribution >= 4 is 28.3 Å². The molecule has 0 amide bonds. The molecule has 0 aromatic rings. The summed E-state index contributed by atoms with van der Waals surface area (Å²) in [5.41, 5.74) is 0. The van der Waals surface area contributed by atoms with E-state index >= 15 is 0 Å². The van der Waals surface area contributed by atoms with Crippen LogP contribution in [-0.4, -0.2) is 28.3 Å². The summed E-state index contributed by atoms with van der Waals surface area (Å²) >= 11 is 0. The predicted octanol–water partition coefficient (Wildman–Crippen LogP) is -2.64. The van der Waals surface area contributed by atoms with Crippen LogP contribution >= 0.6 is 0 Å². The number of rotatable bonds is 0. The molecule has 0 aliphatic heterocycles. The molecule has 0 fully saturated rings. The van der Waals surface area contributed by atoms with E-state index < -0.39 is 0 Å². The zero-order chi connectivity index (χ0) is 0. The van der Waals surface area contributed by atoms with Crippen LogP contribution in [0.4, 0.5) is 0 Å². The van der Waals surface area contributed by atoms with Gasteiger partial charge in [0.2, 0.25) is 0 Å². The normalized spacial score (nSPS) is 0. The van der Waals surface area contributed by atoms with Crippen LogP contribution in [0.1, 0.15) is 0 Å². The molecule has 0 aliphatic rings. The molecule has 0 aromatic carbocycles. The molecule has 0 atom stereocenters. The van der Waals surface area contributed by atoms with E-state index in [4.69, 9.17) is 0 Å². The molecule has 0 bridgehead atoms. The number of hydrogen-bond acceptors (Lipinski definition) is 0. The second kappa shape index (κ2) is 28.6. The summed E-state index contributed by atoms with van der Waals surface area (Å²) in [5.74, 6) is 0. The van der Waals surface area contributed by atoms with Crippen molar-refractivity contribution in [1.29, 1.82) is 0 Å². The maximum Gasteiger partial charge on any atom is 0.187 e. The first-order valence-electron chi connectivity index (χ1n) is 0. The molecule has 0 spiro atoms. The van der Waals surface area contributed by atoms with Gasteiger partial charge in [-0.1, -0.05) is 0 Å². The van der Waals surface area contributed by atoms with Crippen LogP contribution in [0.3, 0.4) is 0 Å². The first kappa shape index (κ1) is 44.8. The summed E-state index contributed by atoms with van der Waals surface area (Å²) in [6.45, 7) is 0. The van der Waals surface area contributed by atoms with E-state index in [0.717, 1.165) is 0 Å². The Morgan fingerprint density at radius 2 is 1.00 bits per heavy atom. The van der Waals surface area contributed by atoms with Crippen molar-refractivity contribution in [2.24, 2.45) is 0 Å². The first-order chi connectivity index (χ1) is 0. The van der Waals surface area contributed by atoms with Crippen molar-refractivity contribution in [2.75, 3.05) is 0 Å². The summed E-state index contributed by atoms with van der Waals surface area (Å²) in [6.07, 6.45) is 0. The summed E-state index contributed by atoms with van der Waals surface area (Å²) in [5, 5.41) is 0. The van der Waals surface area contributed by atoms with Crippen LogP contribution in [0.2, 0.25) is 0 Å². The SMILES string of the molecule is [AlH3].[Co].[Cr].[SiH4].[Y]. The molecule has 0 aliphatic carbocycles. The Labute approximate surface area is 93.6 Å². The quantitative estimate of drug-likeness (QED) is 0.419. The van der Waals surface area contributed by atoms with Gasteiger partial charge in [0.05, 0.1) is 0 Å². The monoisotopic (exact) mass is 262 g/mol. The third kappa shape index (κ3) is 19.7. The molecule has 32 valence electrons. The topological polar surface area (TPSA) is 0 Å². The molecule has 0 unspecified atom stereocenters. The molecule has 0 N–H and O–H groups in total. The third-order valence-corrected chi connectivity index (χ3v) is 0. The Bertz CT molecular complexity index is 11.6. The Hall–Kier alpha value is 2.89. The van der Waals surface area contributed by atoms with E-state index in [2.05, 4.69) is 0 Å². The van der Waals surface area contributed by atoms with Gasteiger partial charge in [0.1, 0.15) is 0 Å². The summed E-state index contributed by atoms with van der Waals surface area (Å²) in [4.78, 5) is 0.